The Kier molecular flexibility index (Phi) is 4.28. The van der Waals surface area contributed by atoms with Gasteiger partial charge >= 0.3 is 0 Å². The van der Waals surface area contributed by atoms with Crippen molar-refractivity contribution < 1.29 is 9.53 Å². The summed E-state index contributed by atoms with van der Waals surface area (Å²) in [5, 5.41) is 0. The van der Waals surface area contributed by atoms with E-state index in [1.165, 1.54) is 12.8 Å². The van der Waals surface area contributed by atoms with Crippen LogP contribution in [0.5, 0.6) is 0 Å². The second-order valence-corrected chi connectivity index (χ2v) is 5.95. The van der Waals surface area contributed by atoms with E-state index in [2.05, 4.69) is 11.8 Å². The van der Waals surface area contributed by atoms with Crippen molar-refractivity contribution >= 4 is 5.91 Å². The number of ether oxygens (including phenoxy) is 1. The average Bonchev–Trinajstić information content (AvgIpc) is 2.60. The largest absolute Gasteiger partial charge is 0.379 e. The molecule has 3 unspecified atom stereocenters. The lowest BCUT2D eigenvalue weighted by Crippen LogP contribution is -2.54. The van der Waals surface area contributed by atoms with E-state index in [1.54, 1.807) is 0 Å². The van der Waals surface area contributed by atoms with Crippen molar-refractivity contribution in [2.75, 3.05) is 19.8 Å². The molecule has 2 fully saturated rings. The van der Waals surface area contributed by atoms with Crippen molar-refractivity contribution in [3.05, 3.63) is 0 Å². The van der Waals surface area contributed by atoms with E-state index < -0.39 is 5.41 Å². The molecule has 18 heavy (non-hydrogen) atoms. The monoisotopic (exact) mass is 254 g/mol. The molecular formula is C14H26N2O2. The normalized spacial score (nSPS) is 37.6. The summed E-state index contributed by atoms with van der Waals surface area (Å²) in [6.07, 6.45) is 5.77. The highest BCUT2D eigenvalue weighted by atomic mass is 16.5. The molecule has 3 atom stereocenters. The number of carbonyl (C=O) groups excluding carboxylic acids is 1. The van der Waals surface area contributed by atoms with E-state index in [4.69, 9.17) is 10.5 Å². The van der Waals surface area contributed by atoms with Crippen molar-refractivity contribution in [2.45, 2.75) is 58.0 Å². The van der Waals surface area contributed by atoms with E-state index in [0.717, 1.165) is 25.8 Å². The van der Waals surface area contributed by atoms with Crippen LogP contribution in [0.3, 0.4) is 0 Å². The first-order valence-corrected chi connectivity index (χ1v) is 7.24. The van der Waals surface area contributed by atoms with Crippen LogP contribution in [0.15, 0.2) is 0 Å². The van der Waals surface area contributed by atoms with Crippen LogP contribution in [0.25, 0.3) is 0 Å². The lowest BCUT2D eigenvalue weighted by atomic mass is 9.83. The summed E-state index contributed by atoms with van der Waals surface area (Å²) < 4.78 is 5.41. The van der Waals surface area contributed by atoms with Crippen LogP contribution < -0.4 is 5.73 Å². The maximum absolute atomic E-state index is 12.8. The molecule has 0 aromatic heterocycles. The molecule has 4 nitrogen and oxygen atoms in total. The van der Waals surface area contributed by atoms with Crippen LogP contribution >= 0.6 is 0 Å². The zero-order chi connectivity index (χ0) is 13.2. The molecule has 0 aliphatic carbocycles. The van der Waals surface area contributed by atoms with Crippen LogP contribution in [-0.2, 0) is 9.53 Å². The van der Waals surface area contributed by atoms with Crippen LogP contribution in [0.1, 0.15) is 46.0 Å². The predicted octanol–water partition coefficient (Wildman–Crippen LogP) is 1.53. The molecule has 104 valence electrons. The second-order valence-electron chi connectivity index (χ2n) is 5.95. The molecule has 0 radical (unpaired) electrons. The molecule has 2 N–H and O–H groups in total. The van der Waals surface area contributed by atoms with Crippen molar-refractivity contribution in [1.29, 1.82) is 0 Å². The van der Waals surface area contributed by atoms with Gasteiger partial charge in [-0.2, -0.15) is 0 Å². The van der Waals surface area contributed by atoms with Crippen molar-refractivity contribution in [1.82, 2.24) is 4.90 Å². The third-order valence-electron chi connectivity index (χ3n) is 4.62. The SMILES string of the molecule is CCC1CCCCCN1C(=O)C1(C)COCC1N. The first-order chi connectivity index (χ1) is 8.59. The first kappa shape index (κ1) is 13.8. The minimum absolute atomic E-state index is 0.161. The number of nitrogens with zero attached hydrogens (tertiary/aromatic N) is 1. The first-order valence-electron chi connectivity index (χ1n) is 7.24. The van der Waals surface area contributed by atoms with Gasteiger partial charge in [0.15, 0.2) is 0 Å². The fourth-order valence-corrected chi connectivity index (χ4v) is 3.11. The van der Waals surface area contributed by atoms with E-state index in [9.17, 15) is 4.79 Å². The van der Waals surface area contributed by atoms with E-state index in [0.29, 0.717) is 19.3 Å². The van der Waals surface area contributed by atoms with Gasteiger partial charge in [-0.1, -0.05) is 19.8 Å². The van der Waals surface area contributed by atoms with Gasteiger partial charge in [0, 0.05) is 18.6 Å². The predicted molar refractivity (Wildman–Crippen MR) is 71.2 cm³/mol. The fraction of sp³-hybridized carbons (Fsp3) is 0.929. The summed E-state index contributed by atoms with van der Waals surface area (Å²) in [4.78, 5) is 14.9. The van der Waals surface area contributed by atoms with Gasteiger partial charge in [-0.3, -0.25) is 4.79 Å². The van der Waals surface area contributed by atoms with Gasteiger partial charge in [-0.25, -0.2) is 0 Å². The molecule has 1 amide bonds. The fourth-order valence-electron chi connectivity index (χ4n) is 3.11. The Hall–Kier alpha value is -0.610. The van der Waals surface area contributed by atoms with Crippen LogP contribution in [0, 0.1) is 5.41 Å². The third kappa shape index (κ3) is 2.41. The molecule has 2 saturated heterocycles. The lowest BCUT2D eigenvalue weighted by Gasteiger charge is -2.37. The van der Waals surface area contributed by atoms with Gasteiger partial charge in [0.1, 0.15) is 0 Å². The Labute approximate surface area is 110 Å². The minimum atomic E-state index is -0.516. The van der Waals surface area contributed by atoms with Gasteiger partial charge in [-0.15, -0.1) is 0 Å². The number of hydrogen-bond acceptors (Lipinski definition) is 3. The summed E-state index contributed by atoms with van der Waals surface area (Å²) in [5.41, 5.74) is 5.56. The van der Waals surface area contributed by atoms with Crippen molar-refractivity contribution in [2.24, 2.45) is 11.1 Å². The molecule has 0 aromatic rings. The number of carbonyl (C=O) groups is 1. The van der Waals surface area contributed by atoms with Crippen LogP contribution in [0.4, 0.5) is 0 Å². The van der Waals surface area contributed by atoms with Crippen molar-refractivity contribution in [3.63, 3.8) is 0 Å². The molecular weight excluding hydrogens is 228 g/mol. The molecule has 4 heteroatoms. The summed E-state index contributed by atoms with van der Waals surface area (Å²) in [7, 11) is 0. The van der Waals surface area contributed by atoms with E-state index >= 15 is 0 Å². The molecule has 2 rings (SSSR count). The molecule has 2 aliphatic heterocycles. The van der Waals surface area contributed by atoms with Gasteiger partial charge in [-0.05, 0) is 26.2 Å². The summed E-state index contributed by atoms with van der Waals surface area (Å²) in [5.74, 6) is 0.209. The molecule has 0 spiro atoms. The number of rotatable bonds is 2. The Morgan fingerprint density at radius 3 is 2.83 bits per heavy atom. The minimum Gasteiger partial charge on any atom is -0.379 e. The second kappa shape index (κ2) is 5.57. The standard InChI is InChI=1S/C14H26N2O2/c1-3-11-7-5-4-6-8-16(11)13(17)14(2)10-18-9-12(14)15/h11-12H,3-10,15H2,1-2H3. The Balaban J connectivity index is 2.14. The highest BCUT2D eigenvalue weighted by Crippen LogP contribution is 2.32. The highest BCUT2D eigenvalue weighted by Gasteiger charge is 2.47. The average molecular weight is 254 g/mol. The topological polar surface area (TPSA) is 55.6 Å². The molecule has 0 aromatic carbocycles. The maximum Gasteiger partial charge on any atom is 0.232 e. The molecule has 2 aliphatic rings. The zero-order valence-corrected chi connectivity index (χ0v) is 11.7. The van der Waals surface area contributed by atoms with Gasteiger partial charge in [0.05, 0.1) is 18.6 Å². The van der Waals surface area contributed by atoms with Gasteiger partial charge in [0.25, 0.3) is 0 Å². The zero-order valence-electron chi connectivity index (χ0n) is 11.7. The quantitative estimate of drug-likeness (QED) is 0.813. The number of amides is 1. The maximum atomic E-state index is 12.8. The van der Waals surface area contributed by atoms with Crippen molar-refractivity contribution in [3.8, 4) is 0 Å². The number of likely N-dealkylation sites (tertiary alicyclic amines) is 1. The number of nitrogens with two attached hydrogens (primary N) is 1. The molecule has 0 bridgehead atoms. The van der Waals surface area contributed by atoms with E-state index in [-0.39, 0.29) is 11.9 Å². The smallest absolute Gasteiger partial charge is 0.232 e. The summed E-state index contributed by atoms with van der Waals surface area (Å²) in [6.45, 7) is 6.00. The Morgan fingerprint density at radius 2 is 2.22 bits per heavy atom. The van der Waals surface area contributed by atoms with Gasteiger partial charge in [0.2, 0.25) is 5.91 Å². The van der Waals surface area contributed by atoms with Crippen LogP contribution in [0.2, 0.25) is 0 Å². The Morgan fingerprint density at radius 1 is 1.44 bits per heavy atom. The Bertz CT molecular complexity index is 308. The molecule has 2 heterocycles. The lowest BCUT2D eigenvalue weighted by molar-refractivity contribution is -0.144. The van der Waals surface area contributed by atoms with Gasteiger partial charge < -0.3 is 15.4 Å². The highest BCUT2D eigenvalue weighted by molar-refractivity contribution is 5.84. The summed E-state index contributed by atoms with van der Waals surface area (Å²) in [6, 6.07) is 0.232. The molecule has 0 saturated carbocycles. The van der Waals surface area contributed by atoms with Crippen LogP contribution in [-0.4, -0.2) is 42.6 Å². The van der Waals surface area contributed by atoms with E-state index in [1.807, 2.05) is 6.92 Å². The number of hydrogen-bond donors (Lipinski definition) is 1. The third-order valence-corrected chi connectivity index (χ3v) is 4.62. The summed E-state index contributed by atoms with van der Waals surface area (Å²) >= 11 is 0.